The summed E-state index contributed by atoms with van der Waals surface area (Å²) in [5.41, 5.74) is 14.7. The number of fused-ring (bicyclic) bond motifs is 10. The highest BCUT2D eigenvalue weighted by Crippen LogP contribution is 2.50. The molecule has 0 fully saturated rings. The van der Waals surface area contributed by atoms with Gasteiger partial charge in [-0.1, -0.05) is 60.7 Å². The summed E-state index contributed by atoms with van der Waals surface area (Å²) in [6.45, 7) is 2.16. The Balaban J connectivity index is 1.24. The number of hydrogen-bond donors (Lipinski definition) is 0. The van der Waals surface area contributed by atoms with Crippen molar-refractivity contribution in [3.63, 3.8) is 0 Å². The number of hydrogen-bond acceptors (Lipinski definition) is 4. The van der Waals surface area contributed by atoms with Crippen molar-refractivity contribution in [3.8, 4) is 0 Å². The summed E-state index contributed by atoms with van der Waals surface area (Å²) in [6.07, 6.45) is 8.81. The first-order valence-corrected chi connectivity index (χ1v) is 17.7. The molecule has 2 aliphatic heterocycles. The van der Waals surface area contributed by atoms with Gasteiger partial charge in [0.25, 0.3) is 0 Å². The Morgan fingerprint density at radius 2 is 0.979 bits per heavy atom. The zero-order valence-corrected chi connectivity index (χ0v) is 27.2. The summed E-state index contributed by atoms with van der Waals surface area (Å²) in [6, 6.07) is 36.0. The molecule has 0 saturated carbocycles. The number of anilines is 6. The molecular formula is C43H35BN2O2. The lowest BCUT2D eigenvalue weighted by Gasteiger charge is -2.41. The zero-order valence-electron chi connectivity index (χ0n) is 27.2. The average Bonchev–Trinajstić information content (AvgIpc) is 3.70. The van der Waals surface area contributed by atoms with Crippen LogP contribution in [0.3, 0.4) is 0 Å². The number of benzene rings is 5. The van der Waals surface area contributed by atoms with E-state index in [-0.39, 0.29) is 6.71 Å². The van der Waals surface area contributed by atoms with Crippen LogP contribution in [0.1, 0.15) is 53.9 Å². The Morgan fingerprint density at radius 3 is 1.48 bits per heavy atom. The van der Waals surface area contributed by atoms with Crippen LogP contribution in [-0.4, -0.2) is 6.71 Å². The van der Waals surface area contributed by atoms with Crippen LogP contribution in [0.2, 0.25) is 0 Å². The summed E-state index contributed by atoms with van der Waals surface area (Å²) in [7, 11) is 0. The van der Waals surface area contributed by atoms with E-state index in [1.165, 1.54) is 104 Å². The maximum absolute atomic E-state index is 7.11. The second-order valence-corrected chi connectivity index (χ2v) is 14.2. The van der Waals surface area contributed by atoms with Crippen molar-refractivity contribution < 1.29 is 8.83 Å². The van der Waals surface area contributed by atoms with Crippen molar-refractivity contribution in [1.29, 1.82) is 0 Å². The van der Waals surface area contributed by atoms with Crippen LogP contribution >= 0.6 is 0 Å². The molecule has 4 nitrogen and oxygen atoms in total. The maximum Gasteiger partial charge on any atom is 0.342 e. The molecule has 48 heavy (non-hydrogen) atoms. The molecule has 4 heterocycles. The molecule has 2 aliphatic carbocycles. The molecule has 5 heteroatoms. The molecule has 0 saturated heterocycles. The van der Waals surface area contributed by atoms with Crippen molar-refractivity contribution in [2.45, 2.75) is 58.3 Å². The van der Waals surface area contributed by atoms with E-state index in [2.05, 4.69) is 114 Å². The van der Waals surface area contributed by atoms with Crippen LogP contribution in [0.4, 0.5) is 34.1 Å². The third kappa shape index (κ3) is 3.67. The third-order valence-electron chi connectivity index (χ3n) is 11.3. The van der Waals surface area contributed by atoms with Gasteiger partial charge in [0.2, 0.25) is 0 Å². The summed E-state index contributed by atoms with van der Waals surface area (Å²) >= 11 is 0. The Kier molecular flexibility index (Phi) is 5.56. The van der Waals surface area contributed by atoms with E-state index in [0.717, 1.165) is 48.5 Å². The quantitative estimate of drug-likeness (QED) is 0.180. The molecule has 0 N–H and O–H groups in total. The lowest BCUT2D eigenvalue weighted by atomic mass is 9.37. The van der Waals surface area contributed by atoms with Crippen LogP contribution in [0, 0.1) is 6.92 Å². The van der Waals surface area contributed by atoms with E-state index < -0.39 is 0 Å². The van der Waals surface area contributed by atoms with Crippen molar-refractivity contribution >= 4 is 79.2 Å². The molecular weight excluding hydrogens is 587 g/mol. The van der Waals surface area contributed by atoms with Crippen LogP contribution in [0.15, 0.2) is 106 Å². The Hall–Kier alpha value is -5.16. The molecule has 5 aromatic carbocycles. The molecule has 0 radical (unpaired) electrons. The van der Waals surface area contributed by atoms with Crippen molar-refractivity contribution in [3.05, 3.63) is 125 Å². The molecule has 0 bridgehead atoms. The monoisotopic (exact) mass is 622 g/mol. The molecule has 0 amide bonds. The highest BCUT2D eigenvalue weighted by atomic mass is 16.4. The van der Waals surface area contributed by atoms with Gasteiger partial charge in [0.15, 0.2) is 0 Å². The molecule has 0 unspecified atom stereocenters. The highest BCUT2D eigenvalue weighted by molar-refractivity contribution is 6.99. The largest absolute Gasteiger partial charge is 0.473 e. The number of furan rings is 2. The smallest absolute Gasteiger partial charge is 0.342 e. The van der Waals surface area contributed by atoms with Crippen molar-refractivity contribution in [2.24, 2.45) is 0 Å². The van der Waals surface area contributed by atoms with Crippen LogP contribution in [0.25, 0.3) is 21.5 Å². The second-order valence-electron chi connectivity index (χ2n) is 14.2. The van der Waals surface area contributed by atoms with E-state index in [9.17, 15) is 0 Å². The zero-order chi connectivity index (χ0) is 31.5. The highest BCUT2D eigenvalue weighted by Gasteiger charge is 2.51. The van der Waals surface area contributed by atoms with Gasteiger partial charge in [-0.2, -0.15) is 0 Å². The fraction of sp³-hybridized carbons (Fsp3) is 0.209. The van der Waals surface area contributed by atoms with Gasteiger partial charge in [-0.15, -0.1) is 0 Å². The molecule has 7 aromatic rings. The Labute approximate surface area is 280 Å². The Bertz CT molecular complexity index is 2300. The van der Waals surface area contributed by atoms with E-state index in [1.54, 1.807) is 0 Å². The number of aryl methyl sites for hydroxylation is 3. The molecule has 4 aliphatic rings. The van der Waals surface area contributed by atoms with Crippen molar-refractivity contribution in [1.82, 2.24) is 0 Å². The van der Waals surface area contributed by atoms with E-state index in [4.69, 9.17) is 8.83 Å². The summed E-state index contributed by atoms with van der Waals surface area (Å²) in [5, 5.41) is 5.00. The lowest BCUT2D eigenvalue weighted by molar-refractivity contribution is 0.491. The first kappa shape index (κ1) is 26.9. The predicted molar refractivity (Wildman–Crippen MR) is 198 cm³/mol. The van der Waals surface area contributed by atoms with Crippen LogP contribution < -0.4 is 26.6 Å². The van der Waals surface area contributed by atoms with Gasteiger partial charge in [-0.3, -0.25) is 0 Å². The fourth-order valence-electron chi connectivity index (χ4n) is 9.24. The minimum atomic E-state index is -0.0924. The van der Waals surface area contributed by atoms with Gasteiger partial charge in [-0.25, -0.2) is 0 Å². The Morgan fingerprint density at radius 1 is 0.521 bits per heavy atom. The molecule has 0 atom stereocenters. The van der Waals surface area contributed by atoms with Gasteiger partial charge >= 0.3 is 6.71 Å². The maximum atomic E-state index is 7.11. The molecule has 2 aromatic heterocycles. The van der Waals surface area contributed by atoms with Crippen LogP contribution in [-0.2, 0) is 25.7 Å². The van der Waals surface area contributed by atoms with Gasteiger partial charge < -0.3 is 18.6 Å². The predicted octanol–water partition coefficient (Wildman–Crippen LogP) is 9.33. The summed E-state index contributed by atoms with van der Waals surface area (Å²) < 4.78 is 14.2. The topological polar surface area (TPSA) is 32.8 Å². The SMILES string of the molecule is Cc1cc2c3c(c1)N(c1ccc4ccccc4c1)c1c(oc4c1CCCC4)B3c1oc3c(c1N2c1ccc2ccccc2c1)CCCC3. The van der Waals surface area contributed by atoms with Gasteiger partial charge in [0.1, 0.15) is 22.8 Å². The molecule has 11 rings (SSSR count). The fourth-order valence-corrected chi connectivity index (χ4v) is 9.24. The minimum Gasteiger partial charge on any atom is -0.473 e. The standard InChI is InChI=1S/C43H35BN2O2/c1-26-22-35-39-36(23-26)46(32-21-19-28-11-3-5-13-30(28)25-32)41-34-15-7-9-17-38(34)48-43(41)44(39)42-40(33-14-6-8-16-37(33)47-42)45(35)31-20-18-27-10-2-4-12-29(27)24-31/h2-5,10-13,18-25H,6-9,14-17H2,1H3. The average molecular weight is 623 g/mol. The van der Waals surface area contributed by atoms with E-state index >= 15 is 0 Å². The van der Waals surface area contributed by atoms with Gasteiger partial charge in [-0.05, 0) is 114 Å². The van der Waals surface area contributed by atoms with Crippen LogP contribution in [0.5, 0.6) is 0 Å². The minimum absolute atomic E-state index is 0.0924. The van der Waals surface area contributed by atoms with Gasteiger partial charge in [0, 0.05) is 46.7 Å². The summed E-state index contributed by atoms with van der Waals surface area (Å²) in [5.74, 6) is 2.33. The lowest BCUT2D eigenvalue weighted by Crippen LogP contribution is -2.60. The van der Waals surface area contributed by atoms with Crippen molar-refractivity contribution in [2.75, 3.05) is 9.80 Å². The summed E-state index contributed by atoms with van der Waals surface area (Å²) in [4.78, 5) is 5.06. The molecule has 0 spiro atoms. The first-order valence-electron chi connectivity index (χ1n) is 17.7. The number of nitrogens with zero attached hydrogens (tertiary/aromatic N) is 2. The first-order chi connectivity index (χ1) is 23.7. The van der Waals surface area contributed by atoms with Gasteiger partial charge in [0.05, 0.1) is 11.4 Å². The van der Waals surface area contributed by atoms with E-state index in [0.29, 0.717) is 0 Å². The normalized spacial score (nSPS) is 16.1. The molecule has 232 valence electrons. The van der Waals surface area contributed by atoms with E-state index in [1.807, 2.05) is 0 Å². The number of rotatable bonds is 2. The third-order valence-corrected chi connectivity index (χ3v) is 11.3. The second kappa shape index (κ2) is 9.93.